The predicted molar refractivity (Wildman–Crippen MR) is 539 cm³/mol. The number of anilines is 6. The van der Waals surface area contributed by atoms with E-state index in [0.717, 1.165) is 56.4 Å². The molecule has 2 spiro atoms. The summed E-state index contributed by atoms with van der Waals surface area (Å²) in [5.74, 6) is 0. The van der Waals surface area contributed by atoms with Crippen molar-refractivity contribution >= 4 is 141 Å². The Bertz CT molecular complexity index is 8800. The maximum atomic E-state index is 2.58. The predicted octanol–water partition coefficient (Wildman–Crippen LogP) is 33.2. The highest BCUT2D eigenvalue weighted by atomic mass is 32.1. The molecule has 0 amide bonds. The van der Waals surface area contributed by atoms with Crippen LogP contribution in [0.2, 0.25) is 0 Å². The van der Waals surface area contributed by atoms with Crippen LogP contribution in [0.25, 0.3) is 173 Å². The molecule has 20 aromatic carbocycles. The van der Waals surface area contributed by atoms with Gasteiger partial charge in [-0.3, -0.25) is 0 Å². The zero-order valence-electron chi connectivity index (χ0n) is 69.3. The zero-order chi connectivity index (χ0) is 83.6. The Kier molecular flexibility index (Phi) is 15.2. The lowest BCUT2D eigenvalue weighted by Gasteiger charge is -2.39. The molecular weight excluding hydrogens is 1590 g/mol. The Morgan fingerprint density at radius 3 is 1.26 bits per heavy atom. The van der Waals surface area contributed by atoms with Gasteiger partial charge in [0.05, 0.1) is 55.6 Å². The fourth-order valence-electron chi connectivity index (χ4n) is 23.4. The van der Waals surface area contributed by atoms with E-state index in [0.29, 0.717) is 0 Å². The van der Waals surface area contributed by atoms with Crippen molar-refractivity contribution in [3.05, 3.63) is 493 Å². The molecule has 28 rings (SSSR count). The standard InChI is InChI=1S/C122H74N4S2/c1-3-28-80(29-4-1)123(82-65-58-75(59-66-82)86-39-27-57-115-117(86)96-37-12-22-56-113(96)127-115)107-52-18-10-32-84(107)77-63-70-109-97(72-77)93-42-26-51-106-119(93)125(109)110-54-20-17-48-103(110)122(106)101-46-15-9-36-95(101)116-87(38-24-49-104(116)122)78-64-71-114-98(73-78)94-43-23-40-88(120(94)128-114)76-60-67-83(68-61-76)124(81-30-5-2-6-31-81)108-53-19-11-33-85(108)79-62-69-91-92-41-25-50-105-118(92)126(112(91)74-79)111-55-21-16-47-102(111)121(105)99-44-13-7-34-89(99)90-35-8-14-45-100(90)121/h1-74H. The van der Waals surface area contributed by atoms with Crippen LogP contribution >= 0.6 is 22.7 Å². The van der Waals surface area contributed by atoms with Crippen LogP contribution in [0, 0.1) is 0 Å². The van der Waals surface area contributed by atoms with Crippen molar-refractivity contribution in [2.45, 2.75) is 10.8 Å². The van der Waals surface area contributed by atoms with Gasteiger partial charge in [-0.15, -0.1) is 22.7 Å². The lowest BCUT2D eigenvalue weighted by molar-refractivity contribution is 0.748. The largest absolute Gasteiger partial charge is 0.310 e. The summed E-state index contributed by atoms with van der Waals surface area (Å²) >= 11 is 3.76. The van der Waals surface area contributed by atoms with E-state index >= 15 is 0 Å². The summed E-state index contributed by atoms with van der Waals surface area (Å²) in [6, 6.07) is 169. The molecule has 4 nitrogen and oxygen atoms in total. The lowest BCUT2D eigenvalue weighted by atomic mass is 9.65. The summed E-state index contributed by atoms with van der Waals surface area (Å²) in [6.45, 7) is 0. The number of hydrogen-bond donors (Lipinski definition) is 0. The molecule has 0 saturated carbocycles. The molecule has 4 aliphatic rings. The molecule has 594 valence electrons. The summed E-state index contributed by atoms with van der Waals surface area (Å²) < 4.78 is 10.3. The van der Waals surface area contributed by atoms with Gasteiger partial charge >= 0.3 is 0 Å². The fourth-order valence-corrected chi connectivity index (χ4v) is 25.8. The lowest BCUT2D eigenvalue weighted by Crippen LogP contribution is -2.33. The Morgan fingerprint density at radius 2 is 0.602 bits per heavy atom. The summed E-state index contributed by atoms with van der Waals surface area (Å²) in [5.41, 5.74) is 40.3. The molecule has 0 N–H and O–H groups in total. The number of hydrogen-bond acceptors (Lipinski definition) is 4. The SMILES string of the molecule is c1ccc(N(c2ccc(-c3cccc4sc5ccccc5c34)cc2)c2ccccc2-c2ccc3c(c2)c2cccc4c2n3-c2ccccc2C42c3ccccc3-c3c(-c4ccc5sc6c(-c7ccc(N(c8ccccc8)c8ccccc8-c8ccc9c%10cccc%11c%10n(c9c8)-c8ccccc8C%118c9ccccc9-c9ccccc98)cc7)cccc6c5c4)cccc32)cc1. The van der Waals surface area contributed by atoms with Crippen molar-refractivity contribution in [2.75, 3.05) is 9.80 Å². The number of benzene rings is 20. The maximum absolute atomic E-state index is 2.58. The molecule has 6 heteroatoms. The van der Waals surface area contributed by atoms with Crippen LogP contribution < -0.4 is 9.80 Å². The maximum Gasteiger partial charge on any atom is 0.0754 e. The van der Waals surface area contributed by atoms with Gasteiger partial charge in [-0.1, -0.05) is 334 Å². The Morgan fingerprint density at radius 1 is 0.203 bits per heavy atom. The minimum absolute atomic E-state index is 0.475. The molecule has 0 fully saturated rings. The van der Waals surface area contributed by atoms with Gasteiger partial charge in [-0.2, -0.15) is 0 Å². The molecule has 0 bridgehead atoms. The number of fused-ring (bicyclic) bond motifs is 30. The number of aromatic nitrogens is 2. The van der Waals surface area contributed by atoms with Gasteiger partial charge in [0.2, 0.25) is 0 Å². The van der Waals surface area contributed by atoms with Crippen LogP contribution in [-0.4, -0.2) is 9.13 Å². The molecule has 24 aromatic rings. The number of para-hydroxylation sites is 8. The van der Waals surface area contributed by atoms with Crippen LogP contribution in [0.4, 0.5) is 34.1 Å². The molecule has 2 aliphatic heterocycles. The van der Waals surface area contributed by atoms with Crippen LogP contribution in [0.5, 0.6) is 0 Å². The summed E-state index contributed by atoms with van der Waals surface area (Å²) in [7, 11) is 0. The van der Waals surface area contributed by atoms with Crippen molar-refractivity contribution in [3.63, 3.8) is 0 Å². The van der Waals surface area contributed by atoms with Crippen LogP contribution in [0.1, 0.15) is 44.5 Å². The topological polar surface area (TPSA) is 16.3 Å². The van der Waals surface area contributed by atoms with Gasteiger partial charge in [-0.25, -0.2) is 0 Å². The molecule has 1 unspecified atom stereocenters. The van der Waals surface area contributed by atoms with E-state index in [4.69, 9.17) is 0 Å². The Hall–Kier alpha value is -16.0. The van der Waals surface area contributed by atoms with Gasteiger partial charge in [0.15, 0.2) is 0 Å². The van der Waals surface area contributed by atoms with Crippen molar-refractivity contribution in [1.29, 1.82) is 0 Å². The van der Waals surface area contributed by atoms with Gasteiger partial charge in [0.1, 0.15) is 0 Å². The third-order valence-electron chi connectivity index (χ3n) is 28.5. The molecule has 2 aliphatic carbocycles. The van der Waals surface area contributed by atoms with Gasteiger partial charge in [0, 0.05) is 95.8 Å². The molecule has 6 heterocycles. The highest BCUT2D eigenvalue weighted by Gasteiger charge is 2.53. The van der Waals surface area contributed by atoms with Gasteiger partial charge in [-0.05, 0) is 227 Å². The fraction of sp³-hybridized carbons (Fsp3) is 0.0164. The van der Waals surface area contributed by atoms with Gasteiger partial charge in [0.25, 0.3) is 0 Å². The first-order valence-corrected chi connectivity index (χ1v) is 45.9. The summed E-state index contributed by atoms with van der Waals surface area (Å²) in [6.07, 6.45) is 0. The van der Waals surface area contributed by atoms with Crippen LogP contribution in [0.3, 0.4) is 0 Å². The van der Waals surface area contributed by atoms with Gasteiger partial charge < -0.3 is 18.9 Å². The smallest absolute Gasteiger partial charge is 0.0754 e. The van der Waals surface area contributed by atoms with Crippen molar-refractivity contribution in [3.8, 4) is 89.3 Å². The average molecular weight is 1660 g/mol. The van der Waals surface area contributed by atoms with E-state index in [9.17, 15) is 0 Å². The van der Waals surface area contributed by atoms with Crippen LogP contribution in [0.15, 0.2) is 449 Å². The second kappa shape index (κ2) is 27.3. The molecule has 4 aromatic heterocycles. The van der Waals surface area contributed by atoms with Crippen molar-refractivity contribution < 1.29 is 0 Å². The molecule has 1 atom stereocenters. The minimum Gasteiger partial charge on any atom is -0.310 e. The van der Waals surface area contributed by atoms with Crippen molar-refractivity contribution in [1.82, 2.24) is 9.13 Å². The quantitative estimate of drug-likeness (QED) is 0.128. The molecule has 128 heavy (non-hydrogen) atoms. The number of rotatable bonds is 11. The third-order valence-corrected chi connectivity index (χ3v) is 30.9. The summed E-state index contributed by atoms with van der Waals surface area (Å²) in [5, 5.41) is 10.1. The van der Waals surface area contributed by atoms with E-state index < -0.39 is 10.8 Å². The van der Waals surface area contributed by atoms with Crippen molar-refractivity contribution in [2.24, 2.45) is 0 Å². The van der Waals surface area contributed by atoms with E-state index in [1.54, 1.807) is 0 Å². The van der Waals surface area contributed by atoms with E-state index in [2.05, 4.69) is 468 Å². The molecule has 0 saturated heterocycles. The second-order valence-corrected chi connectivity index (χ2v) is 36.8. The highest BCUT2D eigenvalue weighted by molar-refractivity contribution is 7.26. The normalized spacial score (nSPS) is 14.0. The molecule has 0 radical (unpaired) electrons. The Balaban J connectivity index is 0.529. The van der Waals surface area contributed by atoms with E-state index in [1.807, 2.05) is 22.7 Å². The average Bonchev–Trinajstić information content (AvgIpc) is 1.50. The van der Waals surface area contributed by atoms with Crippen LogP contribution in [-0.2, 0) is 10.8 Å². The highest BCUT2D eigenvalue weighted by Crippen LogP contribution is 2.65. The van der Waals surface area contributed by atoms with E-state index in [-0.39, 0.29) is 0 Å². The first-order valence-electron chi connectivity index (χ1n) is 44.3. The first-order chi connectivity index (χ1) is 63.5. The Labute approximate surface area is 747 Å². The minimum atomic E-state index is -0.635. The number of thiophene rings is 2. The molecular formula is C122H74N4S2. The third kappa shape index (κ3) is 9.82. The second-order valence-electron chi connectivity index (χ2n) is 34.7. The monoisotopic (exact) mass is 1660 g/mol. The van der Waals surface area contributed by atoms with E-state index in [1.165, 1.54) is 195 Å². The first kappa shape index (κ1) is 71.5. The zero-order valence-corrected chi connectivity index (χ0v) is 71.0. The summed E-state index contributed by atoms with van der Waals surface area (Å²) in [4.78, 5) is 4.87. The number of nitrogens with zero attached hydrogens (tertiary/aromatic N) is 4.